The summed E-state index contributed by atoms with van der Waals surface area (Å²) in [7, 11) is 1.57. The number of carbonyl (C=O) groups excluding carboxylic acids is 2. The van der Waals surface area contributed by atoms with Gasteiger partial charge in [0, 0.05) is 11.7 Å². The van der Waals surface area contributed by atoms with E-state index in [1.54, 1.807) is 31.4 Å². The Morgan fingerprint density at radius 3 is 2.37 bits per heavy atom. The van der Waals surface area contributed by atoms with Crippen molar-refractivity contribution in [3.8, 4) is 5.75 Å². The van der Waals surface area contributed by atoms with Gasteiger partial charge in [0.1, 0.15) is 5.75 Å². The van der Waals surface area contributed by atoms with Gasteiger partial charge in [0.15, 0.2) is 0 Å². The molecule has 0 aliphatic carbocycles. The normalized spacial score (nSPS) is 9.89. The predicted molar refractivity (Wildman–Crippen MR) is 73.3 cm³/mol. The maximum absolute atomic E-state index is 11.6. The molecule has 3 N–H and O–H groups in total. The summed E-state index contributed by atoms with van der Waals surface area (Å²) in [6, 6.07) is 6.61. The summed E-state index contributed by atoms with van der Waals surface area (Å²) >= 11 is 0. The van der Waals surface area contributed by atoms with Gasteiger partial charge in [-0.25, -0.2) is 4.79 Å². The predicted octanol–water partition coefficient (Wildman–Crippen LogP) is 1.34. The molecule has 0 spiro atoms. The summed E-state index contributed by atoms with van der Waals surface area (Å²) in [6.45, 7) is 3.61. The first-order chi connectivity index (χ1) is 9.01. The topological polar surface area (TPSA) is 79.5 Å². The number of ether oxygens (including phenoxy) is 1. The number of anilines is 1. The van der Waals surface area contributed by atoms with E-state index in [4.69, 9.17) is 4.74 Å². The second-order valence-corrected chi connectivity index (χ2v) is 4.26. The van der Waals surface area contributed by atoms with E-state index >= 15 is 0 Å². The van der Waals surface area contributed by atoms with Crippen molar-refractivity contribution in [3.63, 3.8) is 0 Å². The lowest BCUT2D eigenvalue weighted by Crippen LogP contribution is -2.42. The van der Waals surface area contributed by atoms with Crippen LogP contribution in [0.2, 0.25) is 0 Å². The van der Waals surface area contributed by atoms with Gasteiger partial charge in [0.25, 0.3) is 0 Å². The Morgan fingerprint density at radius 1 is 1.21 bits per heavy atom. The van der Waals surface area contributed by atoms with Crippen molar-refractivity contribution in [2.45, 2.75) is 19.9 Å². The third-order valence-corrected chi connectivity index (χ3v) is 2.20. The fourth-order valence-corrected chi connectivity index (χ4v) is 1.35. The minimum absolute atomic E-state index is 0.0321. The maximum Gasteiger partial charge on any atom is 0.315 e. The van der Waals surface area contributed by atoms with E-state index in [0.717, 1.165) is 0 Å². The Bertz CT molecular complexity index is 429. The number of carbonyl (C=O) groups is 2. The number of nitrogens with one attached hydrogen (secondary N) is 3. The molecule has 0 saturated carbocycles. The fraction of sp³-hybridized carbons (Fsp3) is 0.385. The smallest absolute Gasteiger partial charge is 0.315 e. The molecule has 0 fully saturated rings. The largest absolute Gasteiger partial charge is 0.497 e. The number of amides is 3. The number of methoxy groups -OCH3 is 1. The Labute approximate surface area is 112 Å². The lowest BCUT2D eigenvalue weighted by atomic mass is 10.3. The van der Waals surface area contributed by atoms with Gasteiger partial charge < -0.3 is 20.7 Å². The minimum atomic E-state index is -0.361. The standard InChI is InChI=1S/C13H19N3O3/c1-9(2)15-13(18)14-8-12(17)16-10-4-6-11(19-3)7-5-10/h4-7,9H,8H2,1-3H3,(H,16,17)(H2,14,15,18). The van der Waals surface area contributed by atoms with Crippen LogP contribution in [0.1, 0.15) is 13.8 Å². The third kappa shape index (κ3) is 5.76. The molecule has 0 unspecified atom stereocenters. The molecule has 0 radical (unpaired) electrons. The summed E-state index contributed by atoms with van der Waals surface area (Å²) in [6.07, 6.45) is 0. The highest BCUT2D eigenvalue weighted by Gasteiger charge is 2.06. The molecule has 0 saturated heterocycles. The second-order valence-electron chi connectivity index (χ2n) is 4.26. The Balaban J connectivity index is 2.36. The zero-order valence-corrected chi connectivity index (χ0v) is 11.3. The first kappa shape index (κ1) is 14.8. The summed E-state index contributed by atoms with van der Waals surface area (Å²) in [5, 5.41) is 7.77. The molecule has 19 heavy (non-hydrogen) atoms. The monoisotopic (exact) mass is 265 g/mol. The molecule has 3 amide bonds. The molecule has 1 rings (SSSR count). The fourth-order valence-electron chi connectivity index (χ4n) is 1.35. The van der Waals surface area contributed by atoms with E-state index in [2.05, 4.69) is 16.0 Å². The lowest BCUT2D eigenvalue weighted by molar-refractivity contribution is -0.115. The number of hydrogen-bond acceptors (Lipinski definition) is 3. The van der Waals surface area contributed by atoms with Crippen molar-refractivity contribution >= 4 is 17.6 Å². The van der Waals surface area contributed by atoms with E-state index < -0.39 is 0 Å². The molecular formula is C13H19N3O3. The van der Waals surface area contributed by atoms with Gasteiger partial charge >= 0.3 is 6.03 Å². The zero-order chi connectivity index (χ0) is 14.3. The van der Waals surface area contributed by atoms with Gasteiger partial charge in [-0.1, -0.05) is 0 Å². The molecule has 0 bridgehead atoms. The zero-order valence-electron chi connectivity index (χ0n) is 11.3. The summed E-state index contributed by atoms with van der Waals surface area (Å²) in [5.74, 6) is 0.427. The molecule has 0 atom stereocenters. The lowest BCUT2D eigenvalue weighted by Gasteiger charge is -2.10. The van der Waals surface area contributed by atoms with Crippen LogP contribution in [-0.2, 0) is 4.79 Å². The quantitative estimate of drug-likeness (QED) is 0.751. The van der Waals surface area contributed by atoms with Crippen molar-refractivity contribution < 1.29 is 14.3 Å². The van der Waals surface area contributed by atoms with Crippen LogP contribution < -0.4 is 20.7 Å². The molecule has 6 heteroatoms. The average molecular weight is 265 g/mol. The molecule has 1 aromatic carbocycles. The highest BCUT2D eigenvalue weighted by molar-refractivity contribution is 5.94. The van der Waals surface area contributed by atoms with Crippen LogP contribution in [0.4, 0.5) is 10.5 Å². The van der Waals surface area contributed by atoms with Crippen molar-refractivity contribution in [3.05, 3.63) is 24.3 Å². The van der Waals surface area contributed by atoms with Crippen LogP contribution in [0.5, 0.6) is 5.75 Å². The minimum Gasteiger partial charge on any atom is -0.497 e. The highest BCUT2D eigenvalue weighted by atomic mass is 16.5. The number of hydrogen-bond donors (Lipinski definition) is 3. The molecular weight excluding hydrogens is 246 g/mol. The van der Waals surface area contributed by atoms with Gasteiger partial charge in [0.05, 0.1) is 13.7 Å². The Morgan fingerprint density at radius 2 is 1.84 bits per heavy atom. The van der Waals surface area contributed by atoms with Gasteiger partial charge in [-0.2, -0.15) is 0 Å². The Hall–Kier alpha value is -2.24. The number of benzene rings is 1. The third-order valence-electron chi connectivity index (χ3n) is 2.20. The van der Waals surface area contributed by atoms with Gasteiger partial charge in [-0.15, -0.1) is 0 Å². The molecule has 0 heterocycles. The average Bonchev–Trinajstić information content (AvgIpc) is 2.36. The van der Waals surface area contributed by atoms with E-state index in [0.29, 0.717) is 11.4 Å². The Kier molecular flexibility index (Phi) is 5.66. The van der Waals surface area contributed by atoms with E-state index in [9.17, 15) is 9.59 Å². The summed E-state index contributed by atoms with van der Waals surface area (Å²) in [4.78, 5) is 22.8. The van der Waals surface area contributed by atoms with Crippen LogP contribution in [0.25, 0.3) is 0 Å². The molecule has 1 aromatic rings. The van der Waals surface area contributed by atoms with Crippen molar-refractivity contribution in [1.82, 2.24) is 10.6 Å². The molecule has 6 nitrogen and oxygen atoms in total. The van der Waals surface area contributed by atoms with Crippen molar-refractivity contribution in [2.24, 2.45) is 0 Å². The van der Waals surface area contributed by atoms with E-state index in [1.165, 1.54) is 0 Å². The molecule has 0 aliphatic heterocycles. The van der Waals surface area contributed by atoms with E-state index in [1.807, 2.05) is 13.8 Å². The number of rotatable bonds is 5. The van der Waals surface area contributed by atoms with Gasteiger partial charge in [-0.05, 0) is 38.1 Å². The van der Waals surface area contributed by atoms with Crippen molar-refractivity contribution in [1.29, 1.82) is 0 Å². The van der Waals surface area contributed by atoms with E-state index in [-0.39, 0.29) is 24.5 Å². The summed E-state index contributed by atoms with van der Waals surface area (Å²) < 4.78 is 5.01. The van der Waals surface area contributed by atoms with Crippen LogP contribution in [0.15, 0.2) is 24.3 Å². The maximum atomic E-state index is 11.6. The molecule has 104 valence electrons. The van der Waals surface area contributed by atoms with Gasteiger partial charge in [-0.3, -0.25) is 4.79 Å². The molecule has 0 aliphatic rings. The van der Waals surface area contributed by atoms with Crippen LogP contribution in [-0.4, -0.2) is 31.6 Å². The van der Waals surface area contributed by atoms with Crippen molar-refractivity contribution in [2.75, 3.05) is 19.0 Å². The molecule has 0 aromatic heterocycles. The first-order valence-corrected chi connectivity index (χ1v) is 5.99. The highest BCUT2D eigenvalue weighted by Crippen LogP contribution is 2.14. The second kappa shape index (κ2) is 7.25. The SMILES string of the molecule is COc1ccc(NC(=O)CNC(=O)NC(C)C)cc1. The van der Waals surface area contributed by atoms with Crippen LogP contribution in [0.3, 0.4) is 0 Å². The summed E-state index contributed by atoms with van der Waals surface area (Å²) in [5.41, 5.74) is 0.650. The van der Waals surface area contributed by atoms with Crippen LogP contribution in [0, 0.1) is 0 Å². The first-order valence-electron chi connectivity index (χ1n) is 5.99. The van der Waals surface area contributed by atoms with Gasteiger partial charge in [0.2, 0.25) is 5.91 Å². The number of urea groups is 1. The van der Waals surface area contributed by atoms with Crippen LogP contribution >= 0.6 is 0 Å².